The normalized spacial score (nSPS) is 10.5. The Morgan fingerprint density at radius 1 is 1.50 bits per heavy atom. The van der Waals surface area contributed by atoms with E-state index in [4.69, 9.17) is 0 Å². The van der Waals surface area contributed by atoms with E-state index in [-0.39, 0.29) is 0 Å². The molecule has 0 saturated heterocycles. The summed E-state index contributed by atoms with van der Waals surface area (Å²) in [5.74, 6) is -0.427. The van der Waals surface area contributed by atoms with Gasteiger partial charge in [0.15, 0.2) is 22.0 Å². The molecule has 0 aliphatic heterocycles. The third-order valence-electron chi connectivity index (χ3n) is 2.29. The lowest BCUT2D eigenvalue weighted by Crippen LogP contribution is -2.09. The Labute approximate surface area is 112 Å². The molecule has 1 aromatic rings. The molecule has 16 heavy (non-hydrogen) atoms. The highest BCUT2D eigenvalue weighted by molar-refractivity contribution is 9.10. The van der Waals surface area contributed by atoms with Gasteiger partial charge in [-0.3, -0.25) is 4.68 Å². The lowest BCUT2D eigenvalue weighted by molar-refractivity contribution is 0.0768. The van der Waals surface area contributed by atoms with Crippen molar-refractivity contribution in [3.63, 3.8) is 0 Å². The van der Waals surface area contributed by atoms with Gasteiger partial charge in [-0.25, -0.2) is 4.79 Å². The number of aryl methyl sites for hydroxylation is 2. The molecule has 0 radical (unpaired) electrons. The van der Waals surface area contributed by atoms with Gasteiger partial charge in [0.2, 0.25) is 0 Å². The number of carbonyl (C=O) groups excluding carboxylic acids is 1. The van der Waals surface area contributed by atoms with Crippen molar-refractivity contribution in [3.05, 3.63) is 15.9 Å². The van der Waals surface area contributed by atoms with E-state index in [1.807, 2.05) is 6.92 Å². The van der Waals surface area contributed by atoms with Gasteiger partial charge >= 0.3 is 5.97 Å². The van der Waals surface area contributed by atoms with Crippen molar-refractivity contribution in [2.45, 2.75) is 39.7 Å². The quantitative estimate of drug-likeness (QED) is 0.814. The van der Waals surface area contributed by atoms with E-state index < -0.39 is 5.97 Å². The second-order valence-electron chi connectivity index (χ2n) is 3.39. The van der Waals surface area contributed by atoms with Gasteiger partial charge in [-0.15, -0.1) is 0 Å². The SMILES string of the molecule is CCCCc1nn(CC)c(C(=O)OBr)c1Br. The molecular weight excluding hydrogens is 340 g/mol. The van der Waals surface area contributed by atoms with Crippen LogP contribution in [0.2, 0.25) is 0 Å². The number of unbranched alkanes of at least 4 members (excludes halogenated alkanes) is 1. The number of rotatable bonds is 5. The standard InChI is InChI=1S/C10H14Br2N2O2/c1-3-5-6-7-8(11)9(10(15)16-12)14(4-2)13-7/h3-6H2,1-2H3. The van der Waals surface area contributed by atoms with Crippen molar-refractivity contribution in [1.82, 2.24) is 9.78 Å². The van der Waals surface area contributed by atoms with E-state index in [0.717, 1.165) is 29.4 Å². The molecule has 0 aliphatic rings. The van der Waals surface area contributed by atoms with E-state index in [0.29, 0.717) is 12.2 Å². The molecule has 1 heterocycles. The fourth-order valence-electron chi connectivity index (χ4n) is 1.45. The first-order valence-electron chi connectivity index (χ1n) is 5.23. The van der Waals surface area contributed by atoms with Crippen LogP contribution in [0.3, 0.4) is 0 Å². The molecule has 0 amide bonds. The van der Waals surface area contributed by atoms with Crippen LogP contribution in [0.4, 0.5) is 0 Å². The van der Waals surface area contributed by atoms with Crippen molar-refractivity contribution in [2.24, 2.45) is 0 Å². The van der Waals surface area contributed by atoms with Crippen molar-refractivity contribution in [2.75, 3.05) is 0 Å². The smallest absolute Gasteiger partial charge is 0.369 e. The molecule has 90 valence electrons. The Hall–Kier alpha value is -0.360. The summed E-state index contributed by atoms with van der Waals surface area (Å²) in [6.45, 7) is 4.70. The van der Waals surface area contributed by atoms with Crippen LogP contribution in [0.1, 0.15) is 42.9 Å². The number of aromatic nitrogens is 2. The summed E-state index contributed by atoms with van der Waals surface area (Å²) >= 11 is 6.11. The van der Waals surface area contributed by atoms with Crippen LogP contribution in [0.5, 0.6) is 0 Å². The van der Waals surface area contributed by atoms with E-state index in [1.54, 1.807) is 4.68 Å². The highest BCUT2D eigenvalue weighted by Crippen LogP contribution is 2.24. The zero-order valence-corrected chi connectivity index (χ0v) is 12.5. The third-order valence-corrected chi connectivity index (χ3v) is 3.42. The minimum absolute atomic E-state index is 0.427. The molecule has 0 unspecified atom stereocenters. The first-order valence-corrected chi connectivity index (χ1v) is 6.67. The van der Waals surface area contributed by atoms with E-state index >= 15 is 0 Å². The average Bonchev–Trinajstić information content (AvgIpc) is 2.62. The molecule has 1 rings (SSSR count). The molecule has 0 atom stereocenters. The van der Waals surface area contributed by atoms with Crippen LogP contribution in [0.15, 0.2) is 4.47 Å². The van der Waals surface area contributed by atoms with Gasteiger partial charge in [-0.05, 0) is 35.7 Å². The Bertz CT molecular complexity index is 377. The van der Waals surface area contributed by atoms with Gasteiger partial charge in [0.05, 0.1) is 10.2 Å². The Morgan fingerprint density at radius 2 is 2.19 bits per heavy atom. The second-order valence-corrected chi connectivity index (χ2v) is 4.51. The fraction of sp³-hybridized carbons (Fsp3) is 0.600. The summed E-state index contributed by atoms with van der Waals surface area (Å²) in [6.07, 6.45) is 3.03. The summed E-state index contributed by atoms with van der Waals surface area (Å²) in [5.41, 5.74) is 1.38. The van der Waals surface area contributed by atoms with Crippen molar-refractivity contribution in [1.29, 1.82) is 0 Å². The predicted octanol–water partition coefficient (Wildman–Crippen LogP) is 3.47. The van der Waals surface area contributed by atoms with Gasteiger partial charge in [-0.1, -0.05) is 13.3 Å². The lowest BCUT2D eigenvalue weighted by Gasteiger charge is -2.00. The summed E-state index contributed by atoms with van der Waals surface area (Å²) < 4.78 is 6.95. The average molecular weight is 354 g/mol. The van der Waals surface area contributed by atoms with Crippen LogP contribution >= 0.6 is 32.2 Å². The number of carbonyl (C=O) groups is 1. The molecule has 0 bridgehead atoms. The molecule has 4 nitrogen and oxygen atoms in total. The van der Waals surface area contributed by atoms with Crippen LogP contribution in [0, 0.1) is 0 Å². The molecular formula is C10H14Br2N2O2. The first-order chi connectivity index (χ1) is 7.65. The Balaban J connectivity index is 3.05. The maximum Gasteiger partial charge on any atom is 0.369 e. The van der Waals surface area contributed by atoms with Gasteiger partial charge < -0.3 is 3.83 Å². The Kier molecular flexibility index (Phi) is 5.48. The molecule has 0 spiro atoms. The summed E-state index contributed by atoms with van der Waals surface area (Å²) in [7, 11) is 0. The molecule has 6 heteroatoms. The summed E-state index contributed by atoms with van der Waals surface area (Å²) in [6, 6.07) is 0. The number of hydrogen-bond donors (Lipinski definition) is 0. The van der Waals surface area contributed by atoms with E-state index in [9.17, 15) is 4.79 Å². The third kappa shape index (κ3) is 2.85. The van der Waals surface area contributed by atoms with Crippen LogP contribution in [-0.4, -0.2) is 15.7 Å². The Morgan fingerprint density at radius 3 is 2.69 bits per heavy atom. The van der Waals surface area contributed by atoms with Gasteiger partial charge in [0, 0.05) is 6.54 Å². The summed E-state index contributed by atoms with van der Waals surface area (Å²) in [4.78, 5) is 11.5. The molecule has 0 aromatic carbocycles. The zero-order chi connectivity index (χ0) is 12.1. The number of halogens is 2. The van der Waals surface area contributed by atoms with Gasteiger partial charge in [0.1, 0.15) is 0 Å². The molecule has 0 aliphatic carbocycles. The lowest BCUT2D eigenvalue weighted by atomic mass is 10.2. The maximum atomic E-state index is 11.5. The summed E-state index contributed by atoms with van der Waals surface area (Å²) in [5, 5.41) is 4.38. The van der Waals surface area contributed by atoms with Crippen molar-refractivity contribution >= 4 is 38.2 Å². The topological polar surface area (TPSA) is 44.1 Å². The van der Waals surface area contributed by atoms with Crippen LogP contribution in [0.25, 0.3) is 0 Å². The van der Waals surface area contributed by atoms with Gasteiger partial charge in [0.25, 0.3) is 0 Å². The maximum absolute atomic E-state index is 11.5. The van der Waals surface area contributed by atoms with Crippen molar-refractivity contribution < 1.29 is 8.62 Å². The highest BCUT2D eigenvalue weighted by Gasteiger charge is 2.21. The minimum Gasteiger partial charge on any atom is -0.379 e. The van der Waals surface area contributed by atoms with Crippen molar-refractivity contribution in [3.8, 4) is 0 Å². The van der Waals surface area contributed by atoms with Crippen LogP contribution < -0.4 is 0 Å². The van der Waals surface area contributed by atoms with Gasteiger partial charge in [-0.2, -0.15) is 5.10 Å². The monoisotopic (exact) mass is 352 g/mol. The second kappa shape index (κ2) is 6.39. The minimum atomic E-state index is -0.427. The zero-order valence-electron chi connectivity index (χ0n) is 9.30. The number of hydrogen-bond acceptors (Lipinski definition) is 3. The molecule has 0 fully saturated rings. The fourth-order valence-corrected chi connectivity index (χ4v) is 2.25. The molecule has 1 aromatic heterocycles. The first kappa shape index (κ1) is 13.7. The van der Waals surface area contributed by atoms with Crippen LogP contribution in [-0.2, 0) is 16.8 Å². The molecule has 0 saturated carbocycles. The largest absolute Gasteiger partial charge is 0.379 e. The van der Waals surface area contributed by atoms with E-state index in [1.165, 1.54) is 0 Å². The number of nitrogens with zero attached hydrogens (tertiary/aromatic N) is 2. The predicted molar refractivity (Wildman–Crippen MR) is 68.6 cm³/mol. The molecule has 0 N–H and O–H groups in total. The highest BCUT2D eigenvalue weighted by atomic mass is 79.9. The van der Waals surface area contributed by atoms with E-state index in [2.05, 4.69) is 48.0 Å².